The Morgan fingerprint density at radius 3 is 3.14 bits per heavy atom. The smallest absolute Gasteiger partial charge is 0.269 e. The fourth-order valence-electron chi connectivity index (χ4n) is 1.47. The Morgan fingerprint density at radius 2 is 2.50 bits per heavy atom. The van der Waals surface area contributed by atoms with E-state index in [-0.39, 0.29) is 5.91 Å². The molecule has 0 aromatic carbocycles. The molecule has 0 bridgehead atoms. The van der Waals surface area contributed by atoms with E-state index in [0.717, 1.165) is 12.5 Å². The Kier molecular flexibility index (Phi) is 2.52. The van der Waals surface area contributed by atoms with E-state index in [1.54, 1.807) is 12.3 Å². The summed E-state index contributed by atoms with van der Waals surface area (Å²) in [7, 11) is 0. The van der Waals surface area contributed by atoms with Gasteiger partial charge in [-0.15, -0.1) is 0 Å². The fourth-order valence-corrected chi connectivity index (χ4v) is 1.47. The number of amides is 1. The lowest BCUT2D eigenvalue weighted by atomic mass is 10.3. The van der Waals surface area contributed by atoms with Gasteiger partial charge in [-0.2, -0.15) is 5.10 Å². The van der Waals surface area contributed by atoms with Crippen molar-refractivity contribution in [2.24, 2.45) is 5.92 Å². The van der Waals surface area contributed by atoms with Gasteiger partial charge in [0.15, 0.2) is 0 Å². The topological polar surface area (TPSA) is 46.9 Å². The van der Waals surface area contributed by atoms with Crippen LogP contribution in [0.3, 0.4) is 0 Å². The summed E-state index contributed by atoms with van der Waals surface area (Å²) in [6, 6.07) is 1.77. The van der Waals surface area contributed by atoms with Crippen molar-refractivity contribution in [2.75, 3.05) is 6.54 Å². The SMILES string of the molecule is CCNC(=O)c1ccnn1CC1CC1. The Bertz CT molecular complexity index is 328. The summed E-state index contributed by atoms with van der Waals surface area (Å²) < 4.78 is 1.81. The highest BCUT2D eigenvalue weighted by molar-refractivity contribution is 5.92. The van der Waals surface area contributed by atoms with E-state index < -0.39 is 0 Å². The molecule has 1 amide bonds. The molecule has 1 saturated carbocycles. The molecule has 4 heteroatoms. The van der Waals surface area contributed by atoms with Crippen LogP contribution in [-0.2, 0) is 6.54 Å². The standard InChI is InChI=1S/C10H15N3O/c1-2-11-10(14)9-5-6-12-13(9)7-8-3-4-8/h5-6,8H,2-4,7H2,1H3,(H,11,14). The molecule has 0 aliphatic heterocycles. The van der Waals surface area contributed by atoms with Crippen molar-refractivity contribution in [2.45, 2.75) is 26.3 Å². The zero-order valence-electron chi connectivity index (χ0n) is 8.36. The Labute approximate surface area is 83.3 Å². The van der Waals surface area contributed by atoms with Crippen LogP contribution in [-0.4, -0.2) is 22.2 Å². The first-order chi connectivity index (χ1) is 6.81. The first kappa shape index (κ1) is 9.24. The van der Waals surface area contributed by atoms with Gasteiger partial charge in [0, 0.05) is 19.3 Å². The van der Waals surface area contributed by atoms with Crippen LogP contribution in [0.5, 0.6) is 0 Å². The van der Waals surface area contributed by atoms with Gasteiger partial charge in [-0.25, -0.2) is 0 Å². The molecule has 1 heterocycles. The maximum Gasteiger partial charge on any atom is 0.269 e. The quantitative estimate of drug-likeness (QED) is 0.776. The van der Waals surface area contributed by atoms with Gasteiger partial charge < -0.3 is 5.32 Å². The molecule has 0 spiro atoms. The summed E-state index contributed by atoms with van der Waals surface area (Å²) in [5.41, 5.74) is 0.679. The van der Waals surface area contributed by atoms with E-state index in [9.17, 15) is 4.79 Å². The highest BCUT2D eigenvalue weighted by Gasteiger charge is 2.23. The lowest BCUT2D eigenvalue weighted by Gasteiger charge is -2.05. The third kappa shape index (κ3) is 1.95. The van der Waals surface area contributed by atoms with Crippen LogP contribution in [0.2, 0.25) is 0 Å². The molecule has 14 heavy (non-hydrogen) atoms. The van der Waals surface area contributed by atoms with E-state index in [1.807, 2.05) is 11.6 Å². The number of hydrogen-bond acceptors (Lipinski definition) is 2. The molecule has 1 N–H and O–H groups in total. The van der Waals surface area contributed by atoms with E-state index in [4.69, 9.17) is 0 Å². The van der Waals surface area contributed by atoms with E-state index in [0.29, 0.717) is 12.2 Å². The van der Waals surface area contributed by atoms with Crippen LogP contribution >= 0.6 is 0 Å². The maximum absolute atomic E-state index is 11.6. The highest BCUT2D eigenvalue weighted by Crippen LogP contribution is 2.30. The third-order valence-corrected chi connectivity index (χ3v) is 2.41. The Balaban J connectivity index is 2.07. The third-order valence-electron chi connectivity index (χ3n) is 2.41. The van der Waals surface area contributed by atoms with Crippen LogP contribution < -0.4 is 5.32 Å². The summed E-state index contributed by atoms with van der Waals surface area (Å²) in [5, 5.41) is 6.94. The molecule has 0 atom stereocenters. The van der Waals surface area contributed by atoms with Crippen LogP contribution in [0.1, 0.15) is 30.3 Å². The van der Waals surface area contributed by atoms with E-state index in [2.05, 4.69) is 10.4 Å². The van der Waals surface area contributed by atoms with Gasteiger partial charge in [0.2, 0.25) is 0 Å². The molecule has 0 unspecified atom stereocenters. The molecule has 76 valence electrons. The Hall–Kier alpha value is -1.32. The van der Waals surface area contributed by atoms with Crippen molar-refractivity contribution < 1.29 is 4.79 Å². The van der Waals surface area contributed by atoms with Crippen LogP contribution in [0.25, 0.3) is 0 Å². The van der Waals surface area contributed by atoms with Gasteiger partial charge in [-0.3, -0.25) is 9.48 Å². The summed E-state index contributed by atoms with van der Waals surface area (Å²) in [5.74, 6) is 0.716. The molecule has 0 radical (unpaired) electrons. The van der Waals surface area contributed by atoms with E-state index >= 15 is 0 Å². The fraction of sp³-hybridized carbons (Fsp3) is 0.600. The minimum Gasteiger partial charge on any atom is -0.351 e. The largest absolute Gasteiger partial charge is 0.351 e. The molecule has 2 rings (SSSR count). The van der Waals surface area contributed by atoms with E-state index in [1.165, 1.54) is 12.8 Å². The summed E-state index contributed by atoms with van der Waals surface area (Å²) in [6.45, 7) is 3.46. The average molecular weight is 193 g/mol. The normalized spacial score (nSPS) is 15.5. The Morgan fingerprint density at radius 1 is 1.71 bits per heavy atom. The second kappa shape index (κ2) is 3.82. The van der Waals surface area contributed by atoms with Crippen LogP contribution in [0, 0.1) is 5.92 Å². The molecule has 1 aliphatic rings. The molecule has 1 aromatic rings. The van der Waals surface area contributed by atoms with Gasteiger partial charge in [0.1, 0.15) is 5.69 Å². The van der Waals surface area contributed by atoms with Crippen molar-refractivity contribution in [1.82, 2.24) is 15.1 Å². The number of carbonyl (C=O) groups is 1. The highest BCUT2D eigenvalue weighted by atomic mass is 16.2. The minimum absolute atomic E-state index is 0.0225. The van der Waals surface area contributed by atoms with Gasteiger partial charge in [-0.05, 0) is 31.7 Å². The number of carbonyl (C=O) groups excluding carboxylic acids is 1. The number of nitrogens with zero attached hydrogens (tertiary/aromatic N) is 2. The van der Waals surface area contributed by atoms with Crippen LogP contribution in [0.4, 0.5) is 0 Å². The van der Waals surface area contributed by atoms with Crippen molar-refractivity contribution in [1.29, 1.82) is 0 Å². The van der Waals surface area contributed by atoms with Gasteiger partial charge in [0.25, 0.3) is 5.91 Å². The average Bonchev–Trinajstić information content (AvgIpc) is 2.82. The summed E-state index contributed by atoms with van der Waals surface area (Å²) in [6.07, 6.45) is 4.23. The number of rotatable bonds is 4. The number of aromatic nitrogens is 2. The van der Waals surface area contributed by atoms with Gasteiger partial charge in [-0.1, -0.05) is 0 Å². The van der Waals surface area contributed by atoms with Crippen molar-refractivity contribution >= 4 is 5.91 Å². The van der Waals surface area contributed by atoms with Crippen molar-refractivity contribution in [3.63, 3.8) is 0 Å². The van der Waals surface area contributed by atoms with Crippen molar-refractivity contribution in [3.8, 4) is 0 Å². The molecule has 0 saturated heterocycles. The zero-order valence-corrected chi connectivity index (χ0v) is 8.36. The zero-order chi connectivity index (χ0) is 9.97. The second-order valence-electron chi connectivity index (χ2n) is 3.70. The minimum atomic E-state index is -0.0225. The predicted molar refractivity (Wildman–Crippen MR) is 53.0 cm³/mol. The molecular weight excluding hydrogens is 178 g/mol. The van der Waals surface area contributed by atoms with Gasteiger partial charge >= 0.3 is 0 Å². The predicted octanol–water partition coefficient (Wildman–Crippen LogP) is 1.04. The van der Waals surface area contributed by atoms with Crippen LogP contribution in [0.15, 0.2) is 12.3 Å². The molecular formula is C10H15N3O. The monoisotopic (exact) mass is 193 g/mol. The lowest BCUT2D eigenvalue weighted by molar-refractivity contribution is 0.0944. The number of hydrogen-bond donors (Lipinski definition) is 1. The lowest BCUT2D eigenvalue weighted by Crippen LogP contribution is -2.26. The first-order valence-corrected chi connectivity index (χ1v) is 5.11. The molecule has 1 fully saturated rings. The summed E-state index contributed by atoms with van der Waals surface area (Å²) in [4.78, 5) is 11.6. The molecule has 1 aliphatic carbocycles. The second-order valence-corrected chi connectivity index (χ2v) is 3.70. The molecule has 4 nitrogen and oxygen atoms in total. The van der Waals surface area contributed by atoms with Gasteiger partial charge in [0.05, 0.1) is 0 Å². The summed E-state index contributed by atoms with van der Waals surface area (Å²) >= 11 is 0. The molecule has 1 aromatic heterocycles. The first-order valence-electron chi connectivity index (χ1n) is 5.11. The number of nitrogens with one attached hydrogen (secondary N) is 1. The van der Waals surface area contributed by atoms with Crippen molar-refractivity contribution in [3.05, 3.63) is 18.0 Å². The maximum atomic E-state index is 11.6.